The van der Waals surface area contributed by atoms with Gasteiger partial charge < -0.3 is 0 Å². The van der Waals surface area contributed by atoms with E-state index in [9.17, 15) is 0 Å². The van der Waals surface area contributed by atoms with Gasteiger partial charge in [-0.3, -0.25) is 9.97 Å². The first kappa shape index (κ1) is 13.0. The molecule has 0 aliphatic heterocycles. The fourth-order valence-corrected chi connectivity index (χ4v) is 4.39. The van der Waals surface area contributed by atoms with Crippen molar-refractivity contribution in [3.63, 3.8) is 0 Å². The third-order valence-electron chi connectivity index (χ3n) is 5.44. The maximum Gasteiger partial charge on any atom is 0.0746 e. The summed E-state index contributed by atoms with van der Waals surface area (Å²) in [6.07, 6.45) is 5.92. The summed E-state index contributed by atoms with van der Waals surface area (Å²) in [5, 5.41) is 0. The van der Waals surface area contributed by atoms with Crippen LogP contribution in [-0.4, -0.2) is 9.97 Å². The number of pyridine rings is 2. The predicted molar refractivity (Wildman–Crippen MR) is 92.4 cm³/mol. The molecule has 0 amide bonds. The molecule has 2 nitrogen and oxygen atoms in total. The Morgan fingerprint density at radius 3 is 2.61 bits per heavy atom. The van der Waals surface area contributed by atoms with E-state index in [2.05, 4.69) is 60.2 Å². The van der Waals surface area contributed by atoms with Gasteiger partial charge in [0.05, 0.1) is 5.69 Å². The Morgan fingerprint density at radius 2 is 1.70 bits per heavy atom. The lowest BCUT2D eigenvalue weighted by molar-refractivity contribution is 0.658. The minimum Gasteiger partial charge on any atom is -0.261 e. The van der Waals surface area contributed by atoms with Crippen LogP contribution in [0.1, 0.15) is 36.2 Å². The minimum atomic E-state index is -0.0191. The van der Waals surface area contributed by atoms with Crippen molar-refractivity contribution in [2.75, 3.05) is 0 Å². The van der Waals surface area contributed by atoms with Gasteiger partial charge in [-0.25, -0.2) is 0 Å². The van der Waals surface area contributed by atoms with Crippen molar-refractivity contribution >= 4 is 0 Å². The molecule has 23 heavy (non-hydrogen) atoms. The summed E-state index contributed by atoms with van der Waals surface area (Å²) in [6, 6.07) is 13.1. The van der Waals surface area contributed by atoms with Gasteiger partial charge in [0.1, 0.15) is 0 Å². The number of hydrogen-bond donors (Lipinski definition) is 0. The summed E-state index contributed by atoms with van der Waals surface area (Å²) in [5.41, 5.74) is 10.6. The van der Waals surface area contributed by atoms with E-state index in [1.807, 2.05) is 12.4 Å². The van der Waals surface area contributed by atoms with Gasteiger partial charge in [0.2, 0.25) is 0 Å². The molecular weight excluding hydrogens is 280 g/mol. The van der Waals surface area contributed by atoms with Crippen LogP contribution < -0.4 is 0 Å². The van der Waals surface area contributed by atoms with E-state index >= 15 is 0 Å². The topological polar surface area (TPSA) is 25.8 Å². The Hall–Kier alpha value is -2.48. The van der Waals surface area contributed by atoms with E-state index < -0.39 is 0 Å². The molecule has 5 rings (SSSR count). The highest BCUT2D eigenvalue weighted by Gasteiger charge is 2.40. The van der Waals surface area contributed by atoms with Crippen LogP contribution >= 0.6 is 0 Å². The molecule has 2 aliphatic rings. The van der Waals surface area contributed by atoms with Gasteiger partial charge in [-0.05, 0) is 47.2 Å². The highest BCUT2D eigenvalue weighted by Crippen LogP contribution is 2.53. The summed E-state index contributed by atoms with van der Waals surface area (Å²) >= 11 is 0. The SMILES string of the molecule is CC1(C)c2cccnc2-c2ccc3c(c21)-c1cccnc1CC3. The van der Waals surface area contributed by atoms with Crippen molar-refractivity contribution in [2.24, 2.45) is 0 Å². The largest absolute Gasteiger partial charge is 0.261 e. The van der Waals surface area contributed by atoms with Gasteiger partial charge >= 0.3 is 0 Å². The third kappa shape index (κ3) is 1.58. The van der Waals surface area contributed by atoms with E-state index in [-0.39, 0.29) is 5.41 Å². The molecule has 2 heterocycles. The number of benzene rings is 1. The van der Waals surface area contributed by atoms with Crippen molar-refractivity contribution in [2.45, 2.75) is 32.1 Å². The second kappa shape index (κ2) is 4.29. The molecule has 0 radical (unpaired) electrons. The summed E-state index contributed by atoms with van der Waals surface area (Å²) < 4.78 is 0. The number of aryl methyl sites for hydroxylation is 2. The molecule has 2 aromatic heterocycles. The van der Waals surface area contributed by atoms with Crippen molar-refractivity contribution in [1.29, 1.82) is 0 Å². The van der Waals surface area contributed by atoms with Crippen molar-refractivity contribution in [3.05, 3.63) is 71.2 Å². The minimum absolute atomic E-state index is 0.0191. The van der Waals surface area contributed by atoms with Gasteiger partial charge in [0.25, 0.3) is 0 Å². The fraction of sp³-hybridized carbons (Fsp3) is 0.238. The third-order valence-corrected chi connectivity index (χ3v) is 5.44. The Labute approximate surface area is 136 Å². The molecule has 0 N–H and O–H groups in total. The van der Waals surface area contributed by atoms with Crippen LogP contribution in [0.5, 0.6) is 0 Å². The molecule has 0 fully saturated rings. The highest BCUT2D eigenvalue weighted by atomic mass is 14.7. The van der Waals surface area contributed by atoms with Gasteiger partial charge in [-0.1, -0.05) is 38.1 Å². The van der Waals surface area contributed by atoms with E-state index in [0.717, 1.165) is 18.5 Å². The standard InChI is InChI=1S/C21H18N2/c1-21(2)16-6-4-12-23-20(16)15-9-7-13-8-10-17-14(5-3-11-22-17)18(13)19(15)21/h3-7,9,11-12H,8,10H2,1-2H3. The lowest BCUT2D eigenvalue weighted by atomic mass is 9.75. The molecular formula is C21H18N2. The van der Waals surface area contributed by atoms with Gasteiger partial charge in [-0.15, -0.1) is 0 Å². The molecule has 1 aromatic carbocycles. The van der Waals surface area contributed by atoms with E-state index in [1.54, 1.807) is 0 Å². The van der Waals surface area contributed by atoms with Crippen LogP contribution in [0.25, 0.3) is 22.4 Å². The Balaban J connectivity index is 1.91. The first-order valence-corrected chi connectivity index (χ1v) is 8.24. The Kier molecular flexibility index (Phi) is 2.42. The first-order valence-electron chi connectivity index (χ1n) is 8.24. The molecule has 0 bridgehead atoms. The molecule has 3 aromatic rings. The van der Waals surface area contributed by atoms with Crippen molar-refractivity contribution < 1.29 is 0 Å². The maximum absolute atomic E-state index is 4.69. The zero-order valence-corrected chi connectivity index (χ0v) is 13.4. The van der Waals surface area contributed by atoms with Gasteiger partial charge in [0.15, 0.2) is 0 Å². The van der Waals surface area contributed by atoms with Crippen molar-refractivity contribution in [1.82, 2.24) is 9.97 Å². The van der Waals surface area contributed by atoms with Crippen LogP contribution in [0.3, 0.4) is 0 Å². The van der Waals surface area contributed by atoms with E-state index in [0.29, 0.717) is 0 Å². The first-order chi connectivity index (χ1) is 11.2. The molecule has 0 saturated heterocycles. The highest BCUT2D eigenvalue weighted by molar-refractivity contribution is 5.89. The quantitative estimate of drug-likeness (QED) is 0.608. The fourth-order valence-electron chi connectivity index (χ4n) is 4.39. The molecule has 0 saturated carbocycles. The summed E-state index contributed by atoms with van der Waals surface area (Å²) in [5.74, 6) is 0. The van der Waals surface area contributed by atoms with Crippen LogP contribution in [0.4, 0.5) is 0 Å². The predicted octanol–water partition coefficient (Wildman–Crippen LogP) is 4.55. The molecule has 0 unspecified atom stereocenters. The van der Waals surface area contributed by atoms with Crippen LogP contribution in [0, 0.1) is 0 Å². The molecule has 0 spiro atoms. The van der Waals surface area contributed by atoms with E-state index in [4.69, 9.17) is 0 Å². The smallest absolute Gasteiger partial charge is 0.0746 e. The van der Waals surface area contributed by atoms with Gasteiger partial charge in [-0.2, -0.15) is 0 Å². The number of rotatable bonds is 0. The zero-order valence-electron chi connectivity index (χ0n) is 13.4. The number of fused-ring (bicyclic) bond motifs is 7. The summed E-state index contributed by atoms with van der Waals surface area (Å²) in [6.45, 7) is 4.65. The van der Waals surface area contributed by atoms with Crippen molar-refractivity contribution in [3.8, 4) is 22.4 Å². The summed E-state index contributed by atoms with van der Waals surface area (Å²) in [7, 11) is 0. The number of aromatic nitrogens is 2. The number of hydrogen-bond acceptors (Lipinski definition) is 2. The van der Waals surface area contributed by atoms with Crippen LogP contribution in [0.2, 0.25) is 0 Å². The zero-order chi connectivity index (χ0) is 15.6. The average Bonchev–Trinajstić information content (AvgIpc) is 2.83. The molecule has 2 heteroatoms. The summed E-state index contributed by atoms with van der Waals surface area (Å²) in [4.78, 5) is 9.31. The van der Waals surface area contributed by atoms with Crippen LogP contribution in [0.15, 0.2) is 48.8 Å². The Bertz CT molecular complexity index is 954. The normalized spacial score (nSPS) is 16.3. The maximum atomic E-state index is 4.69. The van der Waals surface area contributed by atoms with Gasteiger partial charge in [0, 0.05) is 34.6 Å². The number of nitrogens with zero attached hydrogens (tertiary/aromatic N) is 2. The molecule has 0 atom stereocenters. The molecule has 112 valence electrons. The second-order valence-electron chi connectivity index (χ2n) is 7.04. The lowest BCUT2D eigenvalue weighted by Gasteiger charge is -2.28. The second-order valence-corrected chi connectivity index (χ2v) is 7.04. The van der Waals surface area contributed by atoms with E-state index in [1.165, 1.54) is 39.1 Å². The molecule has 2 aliphatic carbocycles. The Morgan fingerprint density at radius 1 is 0.870 bits per heavy atom. The monoisotopic (exact) mass is 298 g/mol. The average molecular weight is 298 g/mol. The lowest BCUT2D eigenvalue weighted by Crippen LogP contribution is -2.19. The van der Waals surface area contributed by atoms with Crippen LogP contribution in [-0.2, 0) is 18.3 Å².